The maximum Gasteiger partial charge on any atom is 0.138 e. The molecule has 74 valence electrons. The Morgan fingerprint density at radius 1 is 1.07 bits per heavy atom. The molecular formula is C13H10O2. The second-order valence-corrected chi connectivity index (χ2v) is 2.24. The summed E-state index contributed by atoms with van der Waals surface area (Å²) in [5, 5.41) is 17.2. The van der Waals surface area contributed by atoms with Crippen LogP contribution in [0.25, 0.3) is 0 Å². The lowest BCUT2D eigenvalue weighted by Crippen LogP contribution is -2.07. The molecule has 1 atom stereocenters. The van der Waals surface area contributed by atoms with Crippen LogP contribution in [0.5, 0.6) is 0 Å². The summed E-state index contributed by atoms with van der Waals surface area (Å²) in [4.78, 5) is 0. The van der Waals surface area contributed by atoms with E-state index in [2.05, 4.69) is 47.4 Å². The zero-order valence-electron chi connectivity index (χ0n) is 8.33. The highest BCUT2D eigenvalue weighted by atomic mass is 16.3. The summed E-state index contributed by atoms with van der Waals surface area (Å²) < 4.78 is 0. The predicted octanol–water partition coefficient (Wildman–Crippen LogP) is -0.0707. The lowest BCUT2D eigenvalue weighted by atomic mass is 10.4. The molecule has 0 aliphatic rings. The summed E-state index contributed by atoms with van der Waals surface area (Å²) in [6.07, 6.45) is 2.45. The fourth-order valence-electron chi connectivity index (χ4n) is 0.451. The van der Waals surface area contributed by atoms with Gasteiger partial charge in [-0.3, -0.25) is 0 Å². The van der Waals surface area contributed by atoms with E-state index in [0.29, 0.717) is 0 Å². The van der Waals surface area contributed by atoms with E-state index < -0.39 is 12.7 Å². The zero-order chi connectivity index (χ0) is 11.4. The third-order valence-electron chi connectivity index (χ3n) is 1.05. The van der Waals surface area contributed by atoms with Gasteiger partial charge in [0.15, 0.2) is 0 Å². The largest absolute Gasteiger partial charge is 0.393 e. The van der Waals surface area contributed by atoms with E-state index >= 15 is 0 Å². The zero-order valence-corrected chi connectivity index (χ0v) is 8.33. The average molecular weight is 198 g/mol. The summed E-state index contributed by atoms with van der Waals surface area (Å²) >= 11 is 0. The maximum atomic E-state index is 8.80. The molecule has 0 radical (unpaired) electrons. The molecular weight excluding hydrogens is 188 g/mol. The molecule has 0 aromatic rings. The third-order valence-corrected chi connectivity index (χ3v) is 1.05. The van der Waals surface area contributed by atoms with Crippen LogP contribution in [0.4, 0.5) is 0 Å². The second-order valence-electron chi connectivity index (χ2n) is 2.24. The first-order valence-corrected chi connectivity index (χ1v) is 4.22. The first-order chi connectivity index (χ1) is 7.31. The van der Waals surface area contributed by atoms with Crippen molar-refractivity contribution in [1.82, 2.24) is 0 Å². The molecule has 0 aromatic heterocycles. The summed E-state index contributed by atoms with van der Waals surface area (Å²) in [6.45, 7) is 1.47. The van der Waals surface area contributed by atoms with Crippen molar-refractivity contribution >= 4 is 0 Å². The first kappa shape index (κ1) is 12.9. The van der Waals surface area contributed by atoms with Crippen LogP contribution in [0, 0.1) is 47.4 Å². The van der Waals surface area contributed by atoms with E-state index in [1.54, 1.807) is 6.08 Å². The van der Waals surface area contributed by atoms with E-state index in [1.165, 1.54) is 0 Å². The maximum absolute atomic E-state index is 8.80. The number of aliphatic hydroxyl groups is 2. The van der Waals surface area contributed by atoms with Crippen LogP contribution in [-0.4, -0.2) is 22.9 Å². The van der Waals surface area contributed by atoms with Crippen LogP contribution >= 0.6 is 0 Å². The molecule has 0 saturated carbocycles. The molecule has 0 saturated heterocycles. The van der Waals surface area contributed by atoms with Crippen molar-refractivity contribution in [2.75, 3.05) is 6.61 Å². The standard InChI is InChI=1S/C13H10O2/c1-2-3-4-5-6-7-8-9-10-11-13(15)12-14/h2-3,13-15H,12H2,1H3. The second kappa shape index (κ2) is 9.98. The molecule has 2 heteroatoms. The van der Waals surface area contributed by atoms with Crippen molar-refractivity contribution in [2.45, 2.75) is 13.0 Å². The average Bonchev–Trinajstić information content (AvgIpc) is 2.26. The predicted molar refractivity (Wildman–Crippen MR) is 59.0 cm³/mol. The molecule has 0 aliphatic heterocycles. The van der Waals surface area contributed by atoms with Crippen molar-refractivity contribution in [2.24, 2.45) is 0 Å². The molecule has 0 rings (SSSR count). The first-order valence-electron chi connectivity index (χ1n) is 4.22. The minimum Gasteiger partial charge on any atom is -0.393 e. The van der Waals surface area contributed by atoms with Gasteiger partial charge in [-0.25, -0.2) is 0 Å². The molecule has 0 aromatic carbocycles. The van der Waals surface area contributed by atoms with Gasteiger partial charge in [0, 0.05) is 0 Å². The van der Waals surface area contributed by atoms with E-state index in [4.69, 9.17) is 10.2 Å². The van der Waals surface area contributed by atoms with Gasteiger partial charge in [-0.05, 0) is 48.5 Å². The van der Waals surface area contributed by atoms with Crippen molar-refractivity contribution in [3.05, 3.63) is 12.2 Å². The van der Waals surface area contributed by atoms with Crippen molar-refractivity contribution < 1.29 is 10.2 Å². The number of hydrogen-bond donors (Lipinski definition) is 2. The third kappa shape index (κ3) is 9.82. The Hall–Kier alpha value is -2.10. The van der Waals surface area contributed by atoms with Gasteiger partial charge in [-0.2, -0.15) is 0 Å². The topological polar surface area (TPSA) is 40.5 Å². The minimum absolute atomic E-state index is 0.394. The van der Waals surface area contributed by atoms with Crippen LogP contribution in [0.1, 0.15) is 6.92 Å². The molecule has 0 bridgehead atoms. The van der Waals surface area contributed by atoms with Crippen molar-refractivity contribution in [1.29, 1.82) is 0 Å². The summed E-state index contributed by atoms with van der Waals surface area (Å²) in [5.74, 6) is 19.7. The van der Waals surface area contributed by atoms with Crippen LogP contribution in [-0.2, 0) is 0 Å². The lowest BCUT2D eigenvalue weighted by Gasteiger charge is -1.90. The van der Waals surface area contributed by atoms with Gasteiger partial charge < -0.3 is 10.2 Å². The van der Waals surface area contributed by atoms with E-state index in [-0.39, 0.29) is 0 Å². The highest BCUT2D eigenvalue weighted by Crippen LogP contribution is 1.72. The summed E-state index contributed by atoms with van der Waals surface area (Å²) in [5.41, 5.74) is 0. The molecule has 0 aliphatic carbocycles. The van der Waals surface area contributed by atoms with E-state index in [9.17, 15) is 0 Å². The van der Waals surface area contributed by atoms with Crippen LogP contribution in [0.2, 0.25) is 0 Å². The molecule has 15 heavy (non-hydrogen) atoms. The summed E-state index contributed by atoms with van der Waals surface area (Å²) in [7, 11) is 0. The number of allylic oxidation sites excluding steroid dienone is 2. The smallest absolute Gasteiger partial charge is 0.138 e. The Labute approximate surface area is 90.0 Å². The van der Waals surface area contributed by atoms with Crippen LogP contribution in [0.3, 0.4) is 0 Å². The van der Waals surface area contributed by atoms with Gasteiger partial charge in [0.2, 0.25) is 0 Å². The number of rotatable bonds is 1. The highest BCUT2D eigenvalue weighted by Gasteiger charge is 1.90. The normalized spacial score (nSPS) is 9.27. The molecule has 0 fully saturated rings. The minimum atomic E-state index is -1.04. The molecule has 2 nitrogen and oxygen atoms in total. The van der Waals surface area contributed by atoms with Crippen molar-refractivity contribution in [3.63, 3.8) is 0 Å². The van der Waals surface area contributed by atoms with Gasteiger partial charge in [-0.15, -0.1) is 0 Å². The monoisotopic (exact) mass is 198 g/mol. The highest BCUT2D eigenvalue weighted by molar-refractivity contribution is 5.41. The number of aliphatic hydroxyl groups excluding tert-OH is 2. The Morgan fingerprint density at radius 3 is 2.27 bits per heavy atom. The quantitative estimate of drug-likeness (QED) is 0.579. The molecule has 0 spiro atoms. The molecule has 0 heterocycles. The van der Waals surface area contributed by atoms with Crippen molar-refractivity contribution in [3.8, 4) is 47.4 Å². The lowest BCUT2D eigenvalue weighted by molar-refractivity contribution is 0.138. The van der Waals surface area contributed by atoms with Gasteiger partial charge >= 0.3 is 0 Å². The molecule has 0 amide bonds. The van der Waals surface area contributed by atoms with Crippen LogP contribution < -0.4 is 0 Å². The number of hydrogen-bond acceptors (Lipinski definition) is 2. The van der Waals surface area contributed by atoms with Crippen LogP contribution in [0.15, 0.2) is 12.2 Å². The van der Waals surface area contributed by atoms with Gasteiger partial charge in [0.05, 0.1) is 6.61 Å². The fraction of sp³-hybridized carbons (Fsp3) is 0.231. The molecule has 1 unspecified atom stereocenters. The Morgan fingerprint density at radius 2 is 1.67 bits per heavy atom. The van der Waals surface area contributed by atoms with Gasteiger partial charge in [-0.1, -0.05) is 17.9 Å². The molecule has 2 N–H and O–H groups in total. The fourth-order valence-corrected chi connectivity index (χ4v) is 0.451. The van der Waals surface area contributed by atoms with Gasteiger partial charge in [0.25, 0.3) is 0 Å². The van der Waals surface area contributed by atoms with E-state index in [1.807, 2.05) is 13.0 Å². The Bertz CT molecular complexity index is 442. The Balaban J connectivity index is 4.10. The van der Waals surface area contributed by atoms with E-state index in [0.717, 1.165) is 0 Å². The summed E-state index contributed by atoms with van der Waals surface area (Å²) in [6, 6.07) is 0. The van der Waals surface area contributed by atoms with Gasteiger partial charge in [0.1, 0.15) is 6.10 Å². The SMILES string of the molecule is CC=CC#CC#CC#CC#CC(O)CO. The Kier molecular flexibility index (Phi) is 8.59.